The van der Waals surface area contributed by atoms with Gasteiger partial charge >= 0.3 is 6.36 Å². The number of amides is 2. The summed E-state index contributed by atoms with van der Waals surface area (Å²) in [4.78, 5) is 38.4. The molecule has 3 aromatic carbocycles. The third-order valence-corrected chi connectivity index (χ3v) is 12.5. The van der Waals surface area contributed by atoms with Gasteiger partial charge in [-0.05, 0) is 118 Å². The quantitative estimate of drug-likeness (QED) is 0.129. The van der Waals surface area contributed by atoms with Gasteiger partial charge in [0.05, 0.1) is 17.1 Å². The molecule has 17 heteroatoms. The molecule has 4 heterocycles. The number of carbonyl (C=O) groups is 2. The number of carbonyl (C=O) groups excluding carboxylic acids is 2. The molecule has 58 heavy (non-hydrogen) atoms. The monoisotopic (exact) mass is 904 g/mol. The van der Waals surface area contributed by atoms with Gasteiger partial charge in [-0.25, -0.2) is 18.7 Å². The molecule has 2 saturated heterocycles. The van der Waals surface area contributed by atoms with E-state index in [4.69, 9.17) is 0 Å². The smallest absolute Gasteiger partial charge is 0.406 e. The molecule has 0 bridgehead atoms. The average Bonchev–Trinajstić information content (AvgIpc) is 3.86. The van der Waals surface area contributed by atoms with Crippen LogP contribution in [0.25, 0.3) is 11.1 Å². The average molecular weight is 906 g/mol. The molecule has 2 aromatic heterocycles. The summed E-state index contributed by atoms with van der Waals surface area (Å²) in [6.45, 7) is 0.733. The molecule has 2 aliphatic heterocycles. The molecule has 2 aliphatic rings. The fraction of sp³-hybridized carbons (Fsp3) is 0.366. The molecule has 0 saturated carbocycles. The van der Waals surface area contributed by atoms with E-state index in [-0.39, 0.29) is 47.6 Å². The fourth-order valence-electron chi connectivity index (χ4n) is 6.83. The van der Waals surface area contributed by atoms with Crippen LogP contribution in [0.2, 0.25) is 0 Å². The van der Waals surface area contributed by atoms with Crippen molar-refractivity contribution in [1.29, 1.82) is 0 Å². The van der Waals surface area contributed by atoms with Gasteiger partial charge in [-0.1, -0.05) is 24.3 Å². The predicted molar refractivity (Wildman–Crippen MR) is 219 cm³/mol. The number of aromatic nitrogens is 4. The Hall–Kier alpha value is -4.35. The summed E-state index contributed by atoms with van der Waals surface area (Å²) in [5.41, 5.74) is 3.08. The van der Waals surface area contributed by atoms with Crippen LogP contribution >= 0.6 is 39.5 Å². The lowest BCUT2D eigenvalue weighted by atomic mass is 10.0. The van der Waals surface area contributed by atoms with E-state index in [1.54, 1.807) is 70.4 Å². The molecule has 0 atom stereocenters. The van der Waals surface area contributed by atoms with Crippen molar-refractivity contribution in [3.05, 3.63) is 124 Å². The number of imidazole rings is 2. The number of ether oxygens (including phenoxy) is 1. The van der Waals surface area contributed by atoms with Crippen molar-refractivity contribution in [2.75, 3.05) is 23.0 Å². The van der Waals surface area contributed by atoms with Gasteiger partial charge in [-0.2, -0.15) is 23.5 Å². The summed E-state index contributed by atoms with van der Waals surface area (Å²) in [6, 6.07) is 14.7. The number of rotatable bonds is 10. The van der Waals surface area contributed by atoms with Gasteiger partial charge < -0.3 is 23.7 Å². The lowest BCUT2D eigenvalue weighted by molar-refractivity contribution is -0.274. The Bertz CT molecular complexity index is 2170. The topological polar surface area (TPSA) is 85.5 Å². The number of benzene rings is 3. The van der Waals surface area contributed by atoms with Crippen molar-refractivity contribution >= 4 is 51.3 Å². The van der Waals surface area contributed by atoms with Gasteiger partial charge in [-0.3, -0.25) is 9.59 Å². The molecular formula is C41H42BrF5N6O3S2. The second kappa shape index (κ2) is 19.6. The first-order valence-electron chi connectivity index (χ1n) is 18.6. The normalized spacial score (nSPS) is 15.0. The van der Waals surface area contributed by atoms with Gasteiger partial charge in [0, 0.05) is 57.2 Å². The molecule has 0 unspecified atom stereocenters. The minimum Gasteiger partial charge on any atom is -0.406 e. The second-order valence-electron chi connectivity index (χ2n) is 14.0. The van der Waals surface area contributed by atoms with Crippen molar-refractivity contribution in [2.24, 2.45) is 14.1 Å². The zero-order valence-electron chi connectivity index (χ0n) is 31.8. The van der Waals surface area contributed by atoms with Crippen molar-refractivity contribution in [1.82, 2.24) is 28.9 Å². The van der Waals surface area contributed by atoms with E-state index in [1.165, 1.54) is 24.3 Å². The molecule has 9 nitrogen and oxygen atoms in total. The maximum Gasteiger partial charge on any atom is 0.573 e. The zero-order chi connectivity index (χ0) is 41.4. The van der Waals surface area contributed by atoms with Crippen LogP contribution in [0, 0.1) is 11.6 Å². The van der Waals surface area contributed by atoms with E-state index in [0.717, 1.165) is 72.0 Å². The summed E-state index contributed by atoms with van der Waals surface area (Å²) in [7, 11) is 3.64. The zero-order valence-corrected chi connectivity index (χ0v) is 35.0. The van der Waals surface area contributed by atoms with E-state index in [2.05, 4.69) is 30.6 Å². The van der Waals surface area contributed by atoms with Crippen molar-refractivity contribution in [3.8, 4) is 16.9 Å². The highest BCUT2D eigenvalue weighted by Crippen LogP contribution is 2.31. The van der Waals surface area contributed by atoms with Crippen LogP contribution in [-0.4, -0.2) is 82.2 Å². The van der Waals surface area contributed by atoms with Crippen LogP contribution in [0.5, 0.6) is 5.75 Å². The number of nitrogens with zero attached hydrogens (tertiary/aromatic N) is 6. The third-order valence-electron chi connectivity index (χ3n) is 9.75. The molecule has 2 fully saturated rings. The molecule has 7 rings (SSSR count). The molecular weight excluding hydrogens is 864 g/mol. The number of alkyl halides is 3. The lowest BCUT2D eigenvalue weighted by Gasteiger charge is -2.34. The van der Waals surface area contributed by atoms with Crippen molar-refractivity contribution in [3.63, 3.8) is 0 Å². The van der Waals surface area contributed by atoms with Crippen LogP contribution in [0.4, 0.5) is 22.0 Å². The number of aryl methyl sites for hydroxylation is 2. The number of halogens is 6. The van der Waals surface area contributed by atoms with Gasteiger partial charge in [-0.15, -0.1) is 13.2 Å². The third kappa shape index (κ3) is 11.6. The molecule has 0 aliphatic carbocycles. The first-order valence-corrected chi connectivity index (χ1v) is 21.7. The van der Waals surface area contributed by atoms with E-state index in [1.807, 2.05) is 35.5 Å². The SMILES string of the molecule is Cn1cnc(C(=O)N(Cc2ccc(F)c(-c3ccc(OC(F)(F)F)cc3)c2)C2CCSCC2)c1.Cn1cnc(C(=O)N(Cc2ccc(F)c(Br)c2)C2CCSCC2)c1. The van der Waals surface area contributed by atoms with Gasteiger partial charge in [0.25, 0.3) is 11.8 Å². The lowest BCUT2D eigenvalue weighted by Crippen LogP contribution is -2.42. The summed E-state index contributed by atoms with van der Waals surface area (Å²) in [5.74, 6) is 2.60. The molecule has 5 aromatic rings. The van der Waals surface area contributed by atoms with Crippen LogP contribution in [0.1, 0.15) is 57.8 Å². The summed E-state index contributed by atoms with van der Waals surface area (Å²) >= 11 is 7.00. The van der Waals surface area contributed by atoms with E-state index in [9.17, 15) is 31.5 Å². The highest BCUT2D eigenvalue weighted by atomic mass is 79.9. The van der Waals surface area contributed by atoms with Crippen LogP contribution in [0.3, 0.4) is 0 Å². The van der Waals surface area contributed by atoms with Crippen LogP contribution < -0.4 is 4.74 Å². The molecule has 2 amide bonds. The standard InChI is InChI=1S/C24H23F4N3O2S.C17H19BrFN3OS/c1-30-14-22(29-15-30)23(32)31(18-8-10-34-11-9-18)13-16-2-7-21(25)20(12-16)17-3-5-19(6-4-17)33-24(26,27)28;1-21-10-16(20-11-21)17(23)22(13-4-6-24-7-5-13)9-12-2-3-15(19)14(18)8-12/h2-7,12,14-15,18H,8-11,13H2,1H3;2-3,8,10-11,13H,4-7,9H2,1H3. The maximum atomic E-state index is 14.6. The second-order valence-corrected chi connectivity index (χ2v) is 17.3. The first-order chi connectivity index (χ1) is 27.7. The number of thioether (sulfide) groups is 2. The predicted octanol–water partition coefficient (Wildman–Crippen LogP) is 9.52. The maximum absolute atomic E-state index is 14.6. The fourth-order valence-corrected chi connectivity index (χ4v) is 9.42. The summed E-state index contributed by atoms with van der Waals surface area (Å²) in [6.07, 6.45) is 5.50. The molecule has 0 spiro atoms. The van der Waals surface area contributed by atoms with Crippen molar-refractivity contribution < 1.29 is 36.3 Å². The molecule has 308 valence electrons. The van der Waals surface area contributed by atoms with Gasteiger partial charge in [0.15, 0.2) is 0 Å². The van der Waals surface area contributed by atoms with Crippen molar-refractivity contribution in [2.45, 2.75) is 57.2 Å². The summed E-state index contributed by atoms with van der Waals surface area (Å²) < 4.78 is 73.2. The Morgan fingerprint density at radius 2 is 1.21 bits per heavy atom. The highest BCUT2D eigenvalue weighted by Gasteiger charge is 2.32. The Labute approximate surface area is 350 Å². The number of hydrogen-bond acceptors (Lipinski definition) is 7. The minimum absolute atomic E-state index is 0.0445. The Morgan fingerprint density at radius 1 is 0.741 bits per heavy atom. The first kappa shape index (κ1) is 43.2. The molecule has 0 N–H and O–H groups in total. The minimum atomic E-state index is -4.80. The highest BCUT2D eigenvalue weighted by molar-refractivity contribution is 9.10. The summed E-state index contributed by atoms with van der Waals surface area (Å²) in [5, 5.41) is 0. The van der Waals surface area contributed by atoms with Gasteiger partial charge in [0.2, 0.25) is 0 Å². The Kier molecular flexibility index (Phi) is 14.6. The molecule has 0 radical (unpaired) electrons. The van der Waals surface area contributed by atoms with Gasteiger partial charge in [0.1, 0.15) is 28.8 Å². The van der Waals surface area contributed by atoms with Crippen LogP contribution in [-0.2, 0) is 27.2 Å². The largest absolute Gasteiger partial charge is 0.573 e. The van der Waals surface area contributed by atoms with E-state index >= 15 is 0 Å². The van der Waals surface area contributed by atoms with E-state index in [0.29, 0.717) is 28.0 Å². The Morgan fingerprint density at radius 3 is 1.64 bits per heavy atom. The number of hydrogen-bond donors (Lipinski definition) is 0. The van der Waals surface area contributed by atoms with Crippen LogP contribution in [0.15, 0.2) is 90.2 Å². The van der Waals surface area contributed by atoms with E-state index < -0.39 is 12.2 Å². The Balaban J connectivity index is 0.000000208.